The van der Waals surface area contributed by atoms with Gasteiger partial charge in [-0.05, 0) is 0 Å². The predicted octanol–water partition coefficient (Wildman–Crippen LogP) is 0.581. The monoisotopic (exact) mass is 207 g/mol. The van der Waals surface area contributed by atoms with Crippen LogP contribution in [0.25, 0.3) is 0 Å². The van der Waals surface area contributed by atoms with Crippen molar-refractivity contribution in [3.05, 3.63) is 22.2 Å². The van der Waals surface area contributed by atoms with Gasteiger partial charge in [-0.15, -0.1) is 5.54 Å². The number of H-pyrrole nitrogens is 1. The third-order valence-corrected chi connectivity index (χ3v) is 2.29. The van der Waals surface area contributed by atoms with E-state index < -0.39 is 13.8 Å². The first-order valence-electron chi connectivity index (χ1n) is 4.26. The van der Waals surface area contributed by atoms with Crippen molar-refractivity contribution in [2.24, 2.45) is 0 Å². The molecule has 74 valence electrons. The molecule has 0 aromatic carbocycles. The first-order valence-corrected chi connectivity index (χ1v) is 7.76. The van der Waals surface area contributed by atoms with Crippen LogP contribution in [0.15, 0.2) is 11.0 Å². The zero-order valence-corrected chi connectivity index (χ0v) is 9.51. The van der Waals surface area contributed by atoms with Gasteiger partial charge in [-0.1, -0.05) is 25.6 Å². The Morgan fingerprint density at radius 1 is 1.50 bits per heavy atom. The van der Waals surface area contributed by atoms with Crippen molar-refractivity contribution < 1.29 is 0 Å². The maximum Gasteiger partial charge on any atom is 0.346 e. The summed E-state index contributed by atoms with van der Waals surface area (Å²) in [7, 11) is -1.41. The average molecular weight is 207 g/mol. The van der Waals surface area contributed by atoms with Gasteiger partial charge in [0.05, 0.1) is 11.8 Å². The van der Waals surface area contributed by atoms with Crippen molar-refractivity contribution in [2.75, 3.05) is 5.73 Å². The van der Waals surface area contributed by atoms with Gasteiger partial charge < -0.3 is 5.73 Å². The Hall–Kier alpha value is -1.54. The van der Waals surface area contributed by atoms with E-state index in [1.54, 1.807) is 0 Å². The van der Waals surface area contributed by atoms with Gasteiger partial charge in [-0.25, -0.2) is 9.78 Å². The quantitative estimate of drug-likeness (QED) is 0.483. The molecule has 0 aliphatic rings. The van der Waals surface area contributed by atoms with E-state index in [2.05, 4.69) is 41.1 Å². The summed E-state index contributed by atoms with van der Waals surface area (Å²) in [5.74, 6) is 3.22. The lowest BCUT2D eigenvalue weighted by Crippen LogP contribution is -2.17. The van der Waals surface area contributed by atoms with Crippen LogP contribution in [-0.4, -0.2) is 18.0 Å². The van der Waals surface area contributed by atoms with E-state index in [9.17, 15) is 4.79 Å². The zero-order valence-electron chi connectivity index (χ0n) is 8.51. The second-order valence-electron chi connectivity index (χ2n) is 4.02. The van der Waals surface area contributed by atoms with Crippen molar-refractivity contribution in [3.63, 3.8) is 0 Å². The number of nitrogens with one attached hydrogen (secondary N) is 1. The Balaban J connectivity index is 3.08. The summed E-state index contributed by atoms with van der Waals surface area (Å²) >= 11 is 0. The van der Waals surface area contributed by atoms with E-state index in [1.165, 1.54) is 6.20 Å². The molecule has 0 unspecified atom stereocenters. The summed E-state index contributed by atoms with van der Waals surface area (Å²) in [6.07, 6.45) is 1.40. The molecule has 3 N–H and O–H groups in total. The molecule has 4 nitrogen and oxygen atoms in total. The fourth-order valence-corrected chi connectivity index (χ4v) is 1.27. The van der Waals surface area contributed by atoms with Gasteiger partial charge in [0.25, 0.3) is 0 Å². The van der Waals surface area contributed by atoms with E-state index >= 15 is 0 Å². The van der Waals surface area contributed by atoms with E-state index in [-0.39, 0.29) is 5.82 Å². The Morgan fingerprint density at radius 2 is 2.14 bits per heavy atom. The lowest BCUT2D eigenvalue weighted by atomic mass is 10.3. The molecule has 0 fully saturated rings. The first-order chi connectivity index (χ1) is 6.38. The molecule has 0 aliphatic heterocycles. The third-order valence-electron chi connectivity index (χ3n) is 1.41. The molecule has 0 saturated carbocycles. The lowest BCUT2D eigenvalue weighted by molar-refractivity contribution is 1.08. The summed E-state index contributed by atoms with van der Waals surface area (Å²) in [5.41, 5.74) is 8.86. The summed E-state index contributed by atoms with van der Waals surface area (Å²) in [6, 6.07) is 0. The summed E-state index contributed by atoms with van der Waals surface area (Å²) in [4.78, 5) is 16.7. The number of rotatable bonds is 0. The molecule has 1 aromatic heterocycles. The average Bonchev–Trinajstić information content (AvgIpc) is 2.00. The van der Waals surface area contributed by atoms with Gasteiger partial charge in [0.1, 0.15) is 13.9 Å². The molecule has 1 aromatic rings. The van der Waals surface area contributed by atoms with E-state index in [4.69, 9.17) is 5.73 Å². The predicted molar refractivity (Wildman–Crippen MR) is 59.5 cm³/mol. The fraction of sp³-hybridized carbons (Fsp3) is 0.333. The highest BCUT2D eigenvalue weighted by Crippen LogP contribution is 2.02. The number of aromatic nitrogens is 2. The highest BCUT2D eigenvalue weighted by Gasteiger charge is 2.07. The highest BCUT2D eigenvalue weighted by atomic mass is 28.3. The molecule has 0 bridgehead atoms. The van der Waals surface area contributed by atoms with Crippen molar-refractivity contribution >= 4 is 13.9 Å². The fourth-order valence-electron chi connectivity index (χ4n) is 0.762. The van der Waals surface area contributed by atoms with Crippen LogP contribution in [0.3, 0.4) is 0 Å². The Kier molecular flexibility index (Phi) is 2.77. The topological polar surface area (TPSA) is 71.8 Å². The Morgan fingerprint density at radius 3 is 2.64 bits per heavy atom. The maximum absolute atomic E-state index is 10.8. The number of aromatic amines is 1. The van der Waals surface area contributed by atoms with Crippen molar-refractivity contribution in [1.29, 1.82) is 0 Å². The van der Waals surface area contributed by atoms with Gasteiger partial charge in [-0.2, -0.15) is 0 Å². The SMILES string of the molecule is C[Si](C)(C)C#Cc1cnc(=O)[nH]c1N. The molecule has 5 heteroatoms. The van der Waals surface area contributed by atoms with Crippen molar-refractivity contribution in [2.45, 2.75) is 19.6 Å². The minimum absolute atomic E-state index is 0.288. The largest absolute Gasteiger partial charge is 0.384 e. The van der Waals surface area contributed by atoms with Crippen molar-refractivity contribution in [3.8, 4) is 11.5 Å². The van der Waals surface area contributed by atoms with Crippen LogP contribution in [0.1, 0.15) is 5.56 Å². The molecule has 1 rings (SSSR count). The Labute approximate surface area is 83.6 Å². The minimum Gasteiger partial charge on any atom is -0.384 e. The number of nitrogens with zero attached hydrogens (tertiary/aromatic N) is 1. The standard InChI is InChI=1S/C9H13N3OSi/c1-14(2,3)5-4-7-6-11-9(13)12-8(7)10/h6H,1-3H3,(H3,10,11,12,13). The molecule has 14 heavy (non-hydrogen) atoms. The first kappa shape index (κ1) is 10.5. The van der Waals surface area contributed by atoms with Crippen LogP contribution in [-0.2, 0) is 0 Å². The second-order valence-corrected chi connectivity index (χ2v) is 8.77. The number of hydrogen-bond donors (Lipinski definition) is 2. The summed E-state index contributed by atoms with van der Waals surface area (Å²) in [5, 5.41) is 0. The van der Waals surface area contributed by atoms with Gasteiger partial charge in [0.15, 0.2) is 0 Å². The van der Waals surface area contributed by atoms with Crippen LogP contribution in [0.5, 0.6) is 0 Å². The number of hydrogen-bond acceptors (Lipinski definition) is 3. The molecule has 1 heterocycles. The van der Waals surface area contributed by atoms with E-state index in [1.807, 2.05) is 0 Å². The van der Waals surface area contributed by atoms with E-state index in [0.717, 1.165) is 0 Å². The van der Waals surface area contributed by atoms with Crippen LogP contribution >= 0.6 is 0 Å². The van der Waals surface area contributed by atoms with Gasteiger partial charge in [0.2, 0.25) is 0 Å². The molecule has 0 spiro atoms. The minimum atomic E-state index is -1.41. The summed E-state index contributed by atoms with van der Waals surface area (Å²) in [6.45, 7) is 6.40. The smallest absolute Gasteiger partial charge is 0.346 e. The molecular formula is C9H13N3OSi. The molecule has 0 amide bonds. The van der Waals surface area contributed by atoms with Gasteiger partial charge in [-0.3, -0.25) is 4.98 Å². The third kappa shape index (κ3) is 3.07. The Bertz CT molecular complexity index is 448. The summed E-state index contributed by atoms with van der Waals surface area (Å²) < 4.78 is 0. The molecule has 0 aliphatic carbocycles. The zero-order chi connectivity index (χ0) is 10.8. The van der Waals surface area contributed by atoms with Gasteiger partial charge >= 0.3 is 5.69 Å². The highest BCUT2D eigenvalue weighted by molar-refractivity contribution is 6.83. The lowest BCUT2D eigenvalue weighted by Gasteiger charge is -2.03. The molecule has 0 radical (unpaired) electrons. The maximum atomic E-state index is 10.8. The molecular weight excluding hydrogens is 194 g/mol. The van der Waals surface area contributed by atoms with Gasteiger partial charge in [0, 0.05) is 0 Å². The van der Waals surface area contributed by atoms with Crippen LogP contribution in [0, 0.1) is 11.5 Å². The molecule has 0 saturated heterocycles. The van der Waals surface area contributed by atoms with Crippen LogP contribution in [0.2, 0.25) is 19.6 Å². The molecule has 0 atom stereocenters. The normalized spacial score (nSPS) is 10.5. The number of nitrogen functional groups attached to an aromatic ring is 1. The van der Waals surface area contributed by atoms with Crippen molar-refractivity contribution in [1.82, 2.24) is 9.97 Å². The second kappa shape index (κ2) is 3.68. The van der Waals surface area contributed by atoms with Crippen LogP contribution < -0.4 is 11.4 Å². The van der Waals surface area contributed by atoms with E-state index in [0.29, 0.717) is 5.56 Å². The van der Waals surface area contributed by atoms with Crippen LogP contribution in [0.4, 0.5) is 5.82 Å². The number of anilines is 1. The number of nitrogens with two attached hydrogens (primary N) is 1.